The molecule has 0 saturated carbocycles. The van der Waals surface area contributed by atoms with Gasteiger partial charge in [-0.1, -0.05) is 24.9 Å². The van der Waals surface area contributed by atoms with E-state index in [4.69, 9.17) is 15.7 Å². The van der Waals surface area contributed by atoms with E-state index in [0.29, 0.717) is 18.1 Å². The van der Waals surface area contributed by atoms with E-state index in [2.05, 4.69) is 17.1 Å². The number of amidine groups is 1. The Morgan fingerprint density at radius 3 is 2.88 bits per heavy atom. The van der Waals surface area contributed by atoms with Crippen molar-refractivity contribution in [2.75, 3.05) is 6.61 Å². The predicted molar refractivity (Wildman–Crippen MR) is 66.5 cm³/mol. The number of nitrogens with zero attached hydrogens (tertiary/aromatic N) is 2. The average molecular weight is 237 g/mol. The lowest BCUT2D eigenvalue weighted by atomic mass is 10.2. The molecule has 0 saturated heterocycles. The summed E-state index contributed by atoms with van der Waals surface area (Å²) < 4.78 is 5.56. The first-order chi connectivity index (χ1) is 8.19. The van der Waals surface area contributed by atoms with Gasteiger partial charge in [0.15, 0.2) is 5.84 Å². The van der Waals surface area contributed by atoms with Gasteiger partial charge >= 0.3 is 0 Å². The summed E-state index contributed by atoms with van der Waals surface area (Å²) in [5.41, 5.74) is 6.92. The molecule has 0 aliphatic heterocycles. The summed E-state index contributed by atoms with van der Waals surface area (Å²) in [6.45, 7) is 4.59. The minimum absolute atomic E-state index is 0.0167. The molecule has 1 heterocycles. The Balaban J connectivity index is 2.77. The minimum atomic E-state index is 0.0167. The summed E-state index contributed by atoms with van der Waals surface area (Å²) in [6, 6.07) is 3.54. The number of aromatic nitrogens is 1. The maximum atomic E-state index is 8.67. The third-order valence-electron chi connectivity index (χ3n) is 2.37. The molecular formula is C12H19N3O2. The second-order valence-corrected chi connectivity index (χ2v) is 3.85. The fourth-order valence-corrected chi connectivity index (χ4v) is 1.41. The SMILES string of the molecule is CCCCCOc1nc(C)ccc1C(N)=NO. The van der Waals surface area contributed by atoms with Crippen molar-refractivity contribution in [2.24, 2.45) is 10.9 Å². The molecule has 0 aromatic carbocycles. The van der Waals surface area contributed by atoms with Gasteiger partial charge in [-0.05, 0) is 25.5 Å². The molecule has 0 atom stereocenters. The van der Waals surface area contributed by atoms with Gasteiger partial charge in [0, 0.05) is 5.69 Å². The van der Waals surface area contributed by atoms with Crippen LogP contribution in [0.2, 0.25) is 0 Å². The molecule has 0 aliphatic rings. The molecule has 0 aliphatic carbocycles. The van der Waals surface area contributed by atoms with Crippen LogP contribution in [-0.2, 0) is 0 Å². The third kappa shape index (κ3) is 3.94. The Morgan fingerprint density at radius 1 is 1.47 bits per heavy atom. The van der Waals surface area contributed by atoms with Crippen molar-refractivity contribution < 1.29 is 9.94 Å². The monoisotopic (exact) mass is 237 g/mol. The molecule has 0 unspecified atom stereocenters. The highest BCUT2D eigenvalue weighted by Crippen LogP contribution is 2.16. The second kappa shape index (κ2) is 6.73. The Morgan fingerprint density at radius 2 is 2.24 bits per heavy atom. The fourth-order valence-electron chi connectivity index (χ4n) is 1.41. The van der Waals surface area contributed by atoms with Crippen LogP contribution >= 0.6 is 0 Å². The van der Waals surface area contributed by atoms with Crippen molar-refractivity contribution in [3.8, 4) is 5.88 Å². The molecule has 0 fully saturated rings. The van der Waals surface area contributed by atoms with E-state index in [-0.39, 0.29) is 5.84 Å². The van der Waals surface area contributed by atoms with Gasteiger partial charge in [0.05, 0.1) is 12.2 Å². The molecule has 1 aromatic rings. The number of hydrogen-bond donors (Lipinski definition) is 2. The normalized spacial score (nSPS) is 11.5. The lowest BCUT2D eigenvalue weighted by molar-refractivity contribution is 0.292. The third-order valence-corrected chi connectivity index (χ3v) is 2.37. The molecule has 0 amide bonds. The van der Waals surface area contributed by atoms with Gasteiger partial charge in [-0.15, -0.1) is 0 Å². The smallest absolute Gasteiger partial charge is 0.224 e. The van der Waals surface area contributed by atoms with Crippen LogP contribution in [0.4, 0.5) is 0 Å². The number of oxime groups is 1. The van der Waals surface area contributed by atoms with Gasteiger partial charge in [0.2, 0.25) is 5.88 Å². The summed E-state index contributed by atoms with van der Waals surface area (Å²) in [5, 5.41) is 11.6. The van der Waals surface area contributed by atoms with Crippen molar-refractivity contribution in [1.29, 1.82) is 0 Å². The van der Waals surface area contributed by atoms with Crippen molar-refractivity contribution in [1.82, 2.24) is 4.98 Å². The number of hydrogen-bond acceptors (Lipinski definition) is 4. The largest absolute Gasteiger partial charge is 0.477 e. The van der Waals surface area contributed by atoms with Gasteiger partial charge in [0.25, 0.3) is 0 Å². The topological polar surface area (TPSA) is 80.7 Å². The lowest BCUT2D eigenvalue weighted by Gasteiger charge is -2.09. The van der Waals surface area contributed by atoms with Crippen LogP contribution in [0.1, 0.15) is 37.4 Å². The molecule has 0 spiro atoms. The van der Waals surface area contributed by atoms with Crippen LogP contribution in [0.15, 0.2) is 17.3 Å². The highest BCUT2D eigenvalue weighted by Gasteiger charge is 2.10. The van der Waals surface area contributed by atoms with Crippen LogP contribution in [0.3, 0.4) is 0 Å². The number of nitrogens with two attached hydrogens (primary N) is 1. The maximum Gasteiger partial charge on any atom is 0.224 e. The predicted octanol–water partition coefficient (Wildman–Crippen LogP) is 2.05. The van der Waals surface area contributed by atoms with Crippen LogP contribution in [0.5, 0.6) is 5.88 Å². The van der Waals surface area contributed by atoms with Crippen LogP contribution in [0, 0.1) is 6.92 Å². The Hall–Kier alpha value is -1.78. The molecule has 0 radical (unpaired) electrons. The van der Waals surface area contributed by atoms with Crippen molar-refractivity contribution in [3.05, 3.63) is 23.4 Å². The lowest BCUT2D eigenvalue weighted by Crippen LogP contribution is -2.16. The van der Waals surface area contributed by atoms with E-state index in [1.54, 1.807) is 12.1 Å². The first kappa shape index (κ1) is 13.3. The Kier molecular flexibility index (Phi) is 5.26. The van der Waals surface area contributed by atoms with Crippen molar-refractivity contribution >= 4 is 5.84 Å². The van der Waals surface area contributed by atoms with Gasteiger partial charge in [0.1, 0.15) is 0 Å². The zero-order valence-electron chi connectivity index (χ0n) is 10.3. The molecule has 5 nitrogen and oxygen atoms in total. The number of rotatable bonds is 6. The first-order valence-corrected chi connectivity index (χ1v) is 5.77. The number of ether oxygens (including phenoxy) is 1. The van der Waals surface area contributed by atoms with Crippen molar-refractivity contribution in [2.45, 2.75) is 33.1 Å². The highest BCUT2D eigenvalue weighted by molar-refractivity contribution is 5.99. The number of pyridine rings is 1. The maximum absolute atomic E-state index is 8.67. The Labute approximate surface area is 101 Å². The molecule has 3 N–H and O–H groups in total. The fraction of sp³-hybridized carbons (Fsp3) is 0.500. The molecule has 94 valence electrons. The van der Waals surface area contributed by atoms with Crippen molar-refractivity contribution in [3.63, 3.8) is 0 Å². The number of aryl methyl sites for hydroxylation is 1. The average Bonchev–Trinajstić information content (AvgIpc) is 2.34. The summed E-state index contributed by atoms with van der Waals surface area (Å²) >= 11 is 0. The molecule has 1 rings (SSSR count). The summed E-state index contributed by atoms with van der Waals surface area (Å²) in [4.78, 5) is 4.25. The zero-order valence-corrected chi connectivity index (χ0v) is 10.3. The molecule has 0 bridgehead atoms. The van der Waals surface area contributed by atoms with E-state index < -0.39 is 0 Å². The van der Waals surface area contributed by atoms with Crippen LogP contribution in [-0.4, -0.2) is 22.6 Å². The molecular weight excluding hydrogens is 218 g/mol. The summed E-state index contributed by atoms with van der Waals surface area (Å²) in [7, 11) is 0. The first-order valence-electron chi connectivity index (χ1n) is 5.77. The standard InChI is InChI=1S/C12H19N3O2/c1-3-4-5-8-17-12-10(11(13)15-16)7-6-9(2)14-12/h6-7,16H,3-5,8H2,1-2H3,(H2,13,15). The van der Waals surface area contributed by atoms with Gasteiger partial charge in [-0.3, -0.25) is 0 Å². The van der Waals surface area contributed by atoms with Crippen LogP contribution in [0.25, 0.3) is 0 Å². The van der Waals surface area contributed by atoms with E-state index in [9.17, 15) is 0 Å². The number of unbranched alkanes of at least 4 members (excludes halogenated alkanes) is 2. The van der Waals surface area contributed by atoms with E-state index in [0.717, 1.165) is 25.0 Å². The quantitative estimate of drug-likeness (QED) is 0.261. The van der Waals surface area contributed by atoms with E-state index in [1.807, 2.05) is 6.92 Å². The van der Waals surface area contributed by atoms with E-state index in [1.165, 1.54) is 0 Å². The van der Waals surface area contributed by atoms with Crippen LogP contribution < -0.4 is 10.5 Å². The Bertz CT molecular complexity index is 391. The molecule has 1 aromatic heterocycles. The second-order valence-electron chi connectivity index (χ2n) is 3.85. The highest BCUT2D eigenvalue weighted by atomic mass is 16.5. The summed E-state index contributed by atoms with van der Waals surface area (Å²) in [6.07, 6.45) is 3.23. The zero-order chi connectivity index (χ0) is 12.7. The summed E-state index contributed by atoms with van der Waals surface area (Å²) in [5.74, 6) is 0.444. The minimum Gasteiger partial charge on any atom is -0.477 e. The molecule has 5 heteroatoms. The van der Waals surface area contributed by atoms with Gasteiger partial charge in [-0.2, -0.15) is 0 Å². The van der Waals surface area contributed by atoms with E-state index >= 15 is 0 Å². The molecule has 17 heavy (non-hydrogen) atoms. The van der Waals surface area contributed by atoms with Gasteiger partial charge < -0.3 is 15.7 Å². The van der Waals surface area contributed by atoms with Gasteiger partial charge in [-0.25, -0.2) is 4.98 Å².